The third-order valence-corrected chi connectivity index (χ3v) is 5.15. The number of hydrogen-bond donors (Lipinski definition) is 2. The van der Waals surface area contributed by atoms with Crippen LogP contribution in [0.4, 0.5) is 0 Å². The highest BCUT2D eigenvalue weighted by Gasteiger charge is 2.19. The molecular weight excluding hydrogens is 342 g/mol. The van der Waals surface area contributed by atoms with Crippen molar-refractivity contribution in [2.24, 2.45) is 0 Å². The molecule has 130 valence electrons. The molecular formula is C21H19N3OS. The Balaban J connectivity index is 1.59. The molecule has 0 saturated heterocycles. The summed E-state index contributed by atoms with van der Waals surface area (Å²) in [5, 5.41) is 5.14. The van der Waals surface area contributed by atoms with Gasteiger partial charge in [-0.25, -0.2) is 4.98 Å². The monoisotopic (exact) mass is 361 g/mol. The SMILES string of the molecule is O=C(Cc1cccs1)N[C@H](Cc1ccccc1)c1nc2ccccc2[nH]1. The largest absolute Gasteiger partial charge is 0.345 e. The van der Waals surface area contributed by atoms with Crippen LogP contribution in [-0.2, 0) is 17.6 Å². The normalized spacial score (nSPS) is 12.2. The Morgan fingerprint density at radius 2 is 1.85 bits per heavy atom. The molecule has 0 bridgehead atoms. The van der Waals surface area contributed by atoms with Crippen molar-refractivity contribution in [3.63, 3.8) is 0 Å². The Kier molecular flexibility index (Phi) is 4.80. The average molecular weight is 361 g/mol. The van der Waals surface area contributed by atoms with E-state index in [1.807, 2.05) is 60.0 Å². The number of carbonyl (C=O) groups excluding carboxylic acids is 1. The van der Waals surface area contributed by atoms with Gasteiger partial charge in [0.2, 0.25) is 5.91 Å². The zero-order valence-electron chi connectivity index (χ0n) is 14.2. The number of nitrogens with one attached hydrogen (secondary N) is 2. The molecule has 2 aromatic heterocycles. The van der Waals surface area contributed by atoms with Crippen molar-refractivity contribution in [1.82, 2.24) is 15.3 Å². The summed E-state index contributed by atoms with van der Waals surface area (Å²) in [5.41, 5.74) is 3.05. The number of benzene rings is 2. The van der Waals surface area contributed by atoms with Gasteiger partial charge >= 0.3 is 0 Å². The van der Waals surface area contributed by atoms with E-state index >= 15 is 0 Å². The van der Waals surface area contributed by atoms with Crippen LogP contribution in [0.25, 0.3) is 11.0 Å². The Morgan fingerprint density at radius 1 is 1.04 bits per heavy atom. The van der Waals surface area contributed by atoms with Gasteiger partial charge in [-0.3, -0.25) is 4.79 Å². The number of rotatable bonds is 6. The molecule has 4 aromatic rings. The lowest BCUT2D eigenvalue weighted by molar-refractivity contribution is -0.121. The topological polar surface area (TPSA) is 57.8 Å². The van der Waals surface area contributed by atoms with Crippen LogP contribution in [0.3, 0.4) is 0 Å². The molecule has 0 fully saturated rings. The minimum absolute atomic E-state index is 0.00818. The molecule has 0 radical (unpaired) electrons. The van der Waals surface area contributed by atoms with Gasteiger partial charge in [0.05, 0.1) is 23.5 Å². The second kappa shape index (κ2) is 7.54. The summed E-state index contributed by atoms with van der Waals surface area (Å²) < 4.78 is 0. The van der Waals surface area contributed by atoms with E-state index in [1.54, 1.807) is 11.3 Å². The zero-order chi connectivity index (χ0) is 17.8. The first-order chi connectivity index (χ1) is 12.8. The van der Waals surface area contributed by atoms with E-state index in [2.05, 4.69) is 22.4 Å². The van der Waals surface area contributed by atoms with Gasteiger partial charge in [-0.1, -0.05) is 48.5 Å². The van der Waals surface area contributed by atoms with Crippen molar-refractivity contribution in [2.45, 2.75) is 18.9 Å². The van der Waals surface area contributed by atoms with Gasteiger partial charge in [0.25, 0.3) is 0 Å². The number of aromatic amines is 1. The van der Waals surface area contributed by atoms with Crippen LogP contribution in [0, 0.1) is 0 Å². The van der Waals surface area contributed by atoms with E-state index in [9.17, 15) is 4.79 Å². The fraction of sp³-hybridized carbons (Fsp3) is 0.143. The van der Waals surface area contributed by atoms with Crippen LogP contribution in [0.5, 0.6) is 0 Å². The fourth-order valence-corrected chi connectivity index (χ4v) is 3.72. The maximum Gasteiger partial charge on any atom is 0.225 e. The van der Waals surface area contributed by atoms with Crippen LogP contribution in [0.2, 0.25) is 0 Å². The first-order valence-electron chi connectivity index (χ1n) is 8.58. The Bertz CT molecular complexity index is 959. The summed E-state index contributed by atoms with van der Waals surface area (Å²) in [4.78, 5) is 21.7. The summed E-state index contributed by atoms with van der Waals surface area (Å²) in [7, 11) is 0. The summed E-state index contributed by atoms with van der Waals surface area (Å²) in [5.74, 6) is 0.795. The van der Waals surface area contributed by atoms with Gasteiger partial charge in [0.1, 0.15) is 5.82 Å². The quantitative estimate of drug-likeness (QED) is 0.539. The molecule has 4 nitrogen and oxygen atoms in total. The maximum absolute atomic E-state index is 12.6. The highest BCUT2D eigenvalue weighted by molar-refractivity contribution is 7.10. The number of fused-ring (bicyclic) bond motifs is 1. The molecule has 1 amide bonds. The van der Waals surface area contributed by atoms with Crippen LogP contribution in [0.1, 0.15) is 22.3 Å². The van der Waals surface area contributed by atoms with Gasteiger partial charge in [-0.2, -0.15) is 0 Å². The molecule has 2 N–H and O–H groups in total. The standard InChI is InChI=1S/C21H19N3OS/c25-20(14-16-9-6-12-26-16)22-19(13-15-7-2-1-3-8-15)21-23-17-10-4-5-11-18(17)24-21/h1-12,19H,13-14H2,(H,22,25)(H,23,24)/t19-/m1/s1. The molecule has 2 heterocycles. The number of para-hydroxylation sites is 2. The molecule has 26 heavy (non-hydrogen) atoms. The molecule has 0 aliphatic rings. The second-order valence-electron chi connectivity index (χ2n) is 6.21. The van der Waals surface area contributed by atoms with Crippen molar-refractivity contribution in [3.05, 3.63) is 88.4 Å². The molecule has 0 aliphatic heterocycles. The van der Waals surface area contributed by atoms with E-state index in [0.29, 0.717) is 12.8 Å². The molecule has 1 atom stereocenters. The Morgan fingerprint density at radius 3 is 2.62 bits per heavy atom. The predicted octanol–water partition coefficient (Wildman–Crippen LogP) is 4.27. The third kappa shape index (κ3) is 3.83. The Labute approximate surface area is 155 Å². The van der Waals surface area contributed by atoms with E-state index in [0.717, 1.165) is 27.3 Å². The number of H-pyrrole nitrogens is 1. The molecule has 0 saturated carbocycles. The summed E-state index contributed by atoms with van der Waals surface area (Å²) in [6.07, 6.45) is 1.08. The number of hydrogen-bond acceptors (Lipinski definition) is 3. The first kappa shape index (κ1) is 16.5. The van der Waals surface area contributed by atoms with E-state index in [4.69, 9.17) is 4.98 Å². The summed E-state index contributed by atoms with van der Waals surface area (Å²) in [6, 6.07) is 21.8. The first-order valence-corrected chi connectivity index (χ1v) is 9.46. The minimum Gasteiger partial charge on any atom is -0.345 e. The third-order valence-electron chi connectivity index (χ3n) is 4.27. The van der Waals surface area contributed by atoms with E-state index in [1.165, 1.54) is 0 Å². The van der Waals surface area contributed by atoms with Gasteiger partial charge in [0.15, 0.2) is 0 Å². The number of aromatic nitrogens is 2. The number of thiophene rings is 1. The fourth-order valence-electron chi connectivity index (χ4n) is 3.02. The lowest BCUT2D eigenvalue weighted by atomic mass is 10.1. The number of carbonyl (C=O) groups is 1. The molecule has 4 rings (SSSR count). The molecule has 2 aromatic carbocycles. The number of imidazole rings is 1. The molecule has 0 unspecified atom stereocenters. The smallest absolute Gasteiger partial charge is 0.225 e. The second-order valence-corrected chi connectivity index (χ2v) is 7.24. The van der Waals surface area contributed by atoms with Crippen molar-refractivity contribution < 1.29 is 4.79 Å². The highest BCUT2D eigenvalue weighted by Crippen LogP contribution is 2.20. The van der Waals surface area contributed by atoms with Crippen LogP contribution in [0.15, 0.2) is 72.1 Å². The summed E-state index contributed by atoms with van der Waals surface area (Å²) >= 11 is 1.60. The minimum atomic E-state index is -0.197. The lowest BCUT2D eigenvalue weighted by Crippen LogP contribution is -2.31. The van der Waals surface area contributed by atoms with Crippen LogP contribution in [-0.4, -0.2) is 15.9 Å². The van der Waals surface area contributed by atoms with Crippen molar-refractivity contribution in [2.75, 3.05) is 0 Å². The average Bonchev–Trinajstić information content (AvgIpc) is 3.31. The van der Waals surface area contributed by atoms with Crippen molar-refractivity contribution in [1.29, 1.82) is 0 Å². The van der Waals surface area contributed by atoms with Crippen LogP contribution < -0.4 is 5.32 Å². The molecule has 0 aliphatic carbocycles. The molecule has 0 spiro atoms. The van der Waals surface area contributed by atoms with Crippen LogP contribution >= 0.6 is 11.3 Å². The van der Waals surface area contributed by atoms with Gasteiger partial charge < -0.3 is 10.3 Å². The predicted molar refractivity (Wildman–Crippen MR) is 105 cm³/mol. The molecule has 5 heteroatoms. The van der Waals surface area contributed by atoms with E-state index < -0.39 is 0 Å². The highest BCUT2D eigenvalue weighted by atomic mass is 32.1. The zero-order valence-corrected chi connectivity index (χ0v) is 15.0. The van der Waals surface area contributed by atoms with E-state index in [-0.39, 0.29) is 11.9 Å². The van der Waals surface area contributed by atoms with Crippen molar-refractivity contribution in [3.8, 4) is 0 Å². The summed E-state index contributed by atoms with van der Waals surface area (Å²) in [6.45, 7) is 0. The maximum atomic E-state index is 12.6. The number of nitrogens with zero attached hydrogens (tertiary/aromatic N) is 1. The van der Waals surface area contributed by atoms with Gasteiger partial charge in [0, 0.05) is 4.88 Å². The Hall–Kier alpha value is -2.92. The van der Waals surface area contributed by atoms with Gasteiger partial charge in [-0.15, -0.1) is 11.3 Å². The van der Waals surface area contributed by atoms with Gasteiger partial charge in [-0.05, 0) is 35.6 Å². The number of amides is 1. The van der Waals surface area contributed by atoms with Crippen molar-refractivity contribution >= 4 is 28.3 Å². The lowest BCUT2D eigenvalue weighted by Gasteiger charge is -2.17.